The summed E-state index contributed by atoms with van der Waals surface area (Å²) in [6.45, 7) is 11.1. The topological polar surface area (TPSA) is 8.17 Å². The molecule has 0 bridgehead atoms. The normalized spacial score (nSPS) is 13.7. The first-order valence-electron chi connectivity index (χ1n) is 16.9. The third-order valence-electron chi connectivity index (χ3n) is 10.0. The average molecular weight is 621 g/mol. The predicted molar refractivity (Wildman–Crippen MR) is 207 cm³/mol. The molecule has 234 valence electrons. The van der Waals surface area contributed by atoms with Crippen LogP contribution in [0.25, 0.3) is 49.8 Å². The molecule has 48 heavy (non-hydrogen) atoms. The van der Waals surface area contributed by atoms with Gasteiger partial charge in [0.1, 0.15) is 0 Å². The molecule has 8 rings (SSSR count). The fraction of sp³-hybridized carbons (Fsp3) is 0.130. The maximum Gasteiger partial charge on any atom is 0.0538 e. The summed E-state index contributed by atoms with van der Waals surface area (Å²) in [5.74, 6) is 0. The summed E-state index contributed by atoms with van der Waals surface area (Å²) >= 11 is 0. The smallest absolute Gasteiger partial charge is 0.0538 e. The Morgan fingerprint density at radius 2 is 1.33 bits per heavy atom. The minimum atomic E-state index is -0.0724. The van der Waals surface area contributed by atoms with E-state index < -0.39 is 0 Å². The fourth-order valence-corrected chi connectivity index (χ4v) is 7.76. The van der Waals surface area contributed by atoms with Gasteiger partial charge >= 0.3 is 0 Å². The van der Waals surface area contributed by atoms with Crippen LogP contribution in [0.15, 0.2) is 152 Å². The van der Waals surface area contributed by atoms with Crippen LogP contribution in [0.3, 0.4) is 0 Å². The quantitative estimate of drug-likeness (QED) is 0.168. The molecule has 2 heteroatoms. The van der Waals surface area contributed by atoms with Crippen molar-refractivity contribution in [3.63, 3.8) is 0 Å². The molecule has 0 spiro atoms. The Hall–Kier alpha value is -5.60. The molecule has 2 nitrogen and oxygen atoms in total. The summed E-state index contributed by atoms with van der Waals surface area (Å²) < 4.78 is 2.38. The lowest BCUT2D eigenvalue weighted by atomic mass is 9.82. The van der Waals surface area contributed by atoms with Crippen LogP contribution in [-0.2, 0) is 5.41 Å². The Bertz CT molecular complexity index is 2400. The van der Waals surface area contributed by atoms with Gasteiger partial charge in [-0.1, -0.05) is 105 Å². The van der Waals surface area contributed by atoms with Gasteiger partial charge in [-0.05, 0) is 120 Å². The maximum absolute atomic E-state index is 2.41. The number of hydrogen-bond donors (Lipinski definition) is 0. The number of para-hydroxylation sites is 2. The molecule has 0 fully saturated rings. The summed E-state index contributed by atoms with van der Waals surface area (Å²) in [6.07, 6.45) is 6.37. The molecule has 0 atom stereocenters. The van der Waals surface area contributed by atoms with Crippen molar-refractivity contribution < 1.29 is 0 Å². The van der Waals surface area contributed by atoms with Gasteiger partial charge in [0.25, 0.3) is 0 Å². The number of fused-ring (bicyclic) bond motifs is 6. The molecule has 1 aromatic heterocycles. The van der Waals surface area contributed by atoms with E-state index in [-0.39, 0.29) is 5.41 Å². The van der Waals surface area contributed by atoms with Gasteiger partial charge in [0.05, 0.1) is 11.0 Å². The van der Waals surface area contributed by atoms with Crippen molar-refractivity contribution in [2.24, 2.45) is 0 Å². The van der Waals surface area contributed by atoms with Gasteiger partial charge < -0.3 is 9.47 Å². The summed E-state index contributed by atoms with van der Waals surface area (Å²) in [7, 11) is 0. The van der Waals surface area contributed by atoms with Crippen molar-refractivity contribution in [1.29, 1.82) is 0 Å². The van der Waals surface area contributed by atoms with E-state index in [1.54, 1.807) is 0 Å². The molecule has 0 N–H and O–H groups in total. The molecule has 6 aromatic carbocycles. The first kappa shape index (κ1) is 29.8. The lowest BCUT2D eigenvalue weighted by Crippen LogP contribution is -2.16. The molecule has 1 heterocycles. The molecule has 0 saturated heterocycles. The molecule has 1 aliphatic carbocycles. The second kappa shape index (κ2) is 11.6. The highest BCUT2D eigenvalue weighted by atomic mass is 15.1. The zero-order chi connectivity index (χ0) is 33.0. The molecule has 0 saturated carbocycles. The van der Waals surface area contributed by atoms with Gasteiger partial charge in [-0.2, -0.15) is 0 Å². The number of aromatic nitrogens is 1. The Morgan fingerprint density at radius 1 is 0.604 bits per heavy atom. The monoisotopic (exact) mass is 620 g/mol. The van der Waals surface area contributed by atoms with Crippen LogP contribution in [0.1, 0.15) is 44.4 Å². The second-order valence-corrected chi connectivity index (χ2v) is 13.5. The van der Waals surface area contributed by atoms with E-state index in [1.807, 2.05) is 0 Å². The highest BCUT2D eigenvalue weighted by Crippen LogP contribution is 2.50. The third-order valence-corrected chi connectivity index (χ3v) is 10.0. The summed E-state index contributed by atoms with van der Waals surface area (Å²) in [6, 6.07) is 49.3. The SMILES string of the molecule is C/C=C\C=C(/C)n1c2ccccc2c2cc(-c3cc(C)cc(N(c4ccccc4)c4ccc5c(c4)C(C)(C)c4ccccc4-5)c3)ccc21. The van der Waals surface area contributed by atoms with Gasteiger partial charge in [-0.15, -0.1) is 0 Å². The summed E-state index contributed by atoms with van der Waals surface area (Å²) in [5, 5.41) is 2.53. The highest BCUT2D eigenvalue weighted by molar-refractivity contribution is 6.11. The zero-order valence-electron chi connectivity index (χ0n) is 28.3. The summed E-state index contributed by atoms with van der Waals surface area (Å²) in [5.41, 5.74) is 16.1. The first-order chi connectivity index (χ1) is 23.3. The van der Waals surface area contributed by atoms with Crippen molar-refractivity contribution in [2.75, 3.05) is 4.90 Å². The minimum absolute atomic E-state index is 0.0724. The number of hydrogen-bond acceptors (Lipinski definition) is 1. The molecule has 1 aliphatic rings. The number of aryl methyl sites for hydroxylation is 1. The Labute approximate surface area is 283 Å². The van der Waals surface area contributed by atoms with Crippen LogP contribution in [0.4, 0.5) is 17.1 Å². The molecular formula is C46H40N2. The molecule has 0 unspecified atom stereocenters. The van der Waals surface area contributed by atoms with Crippen molar-refractivity contribution in [3.8, 4) is 22.3 Å². The van der Waals surface area contributed by atoms with E-state index >= 15 is 0 Å². The van der Waals surface area contributed by atoms with E-state index in [4.69, 9.17) is 0 Å². The van der Waals surface area contributed by atoms with Gasteiger partial charge in [-0.3, -0.25) is 0 Å². The van der Waals surface area contributed by atoms with Crippen LogP contribution in [-0.4, -0.2) is 4.57 Å². The minimum Gasteiger partial charge on any atom is -0.313 e. The first-order valence-corrected chi connectivity index (χ1v) is 16.9. The maximum atomic E-state index is 2.41. The molecule has 0 aliphatic heterocycles. The molecule has 0 amide bonds. The van der Waals surface area contributed by atoms with Crippen molar-refractivity contribution in [1.82, 2.24) is 4.57 Å². The Morgan fingerprint density at radius 3 is 2.17 bits per heavy atom. The number of benzene rings is 6. The van der Waals surface area contributed by atoms with Crippen LogP contribution in [0, 0.1) is 6.92 Å². The number of anilines is 3. The second-order valence-electron chi connectivity index (χ2n) is 13.5. The number of allylic oxidation sites excluding steroid dienone is 4. The fourth-order valence-electron chi connectivity index (χ4n) is 7.76. The van der Waals surface area contributed by atoms with Crippen LogP contribution >= 0.6 is 0 Å². The largest absolute Gasteiger partial charge is 0.313 e. The summed E-state index contributed by atoms with van der Waals surface area (Å²) in [4.78, 5) is 2.41. The van der Waals surface area contributed by atoms with Gasteiger partial charge in [0.2, 0.25) is 0 Å². The Balaban J connectivity index is 1.28. The average Bonchev–Trinajstić information content (AvgIpc) is 3.56. The molecule has 0 radical (unpaired) electrons. The van der Waals surface area contributed by atoms with Crippen LogP contribution in [0.2, 0.25) is 0 Å². The van der Waals surface area contributed by atoms with E-state index in [2.05, 4.69) is 196 Å². The van der Waals surface area contributed by atoms with Crippen molar-refractivity contribution in [2.45, 2.75) is 40.0 Å². The Kier molecular flexibility index (Phi) is 7.18. The highest BCUT2D eigenvalue weighted by Gasteiger charge is 2.35. The standard InChI is InChI=1S/C46H40N2/c1-6-7-15-32(3)47-44-21-14-12-19-40(44)41-29-33(22-25-45(41)47)34-26-31(2)27-37(28-34)48(35-16-9-8-10-17-35)36-23-24-39-38-18-11-13-20-42(38)46(4,5)43(39)30-36/h6-30H,1-5H3/b7-6-,32-15+. The number of rotatable bonds is 6. The van der Waals surface area contributed by atoms with E-state index in [0.717, 1.165) is 11.4 Å². The number of nitrogens with zero attached hydrogens (tertiary/aromatic N) is 2. The third kappa shape index (κ3) is 4.79. The van der Waals surface area contributed by atoms with Crippen LogP contribution < -0.4 is 4.90 Å². The lowest BCUT2D eigenvalue weighted by molar-refractivity contribution is 0.660. The predicted octanol–water partition coefficient (Wildman–Crippen LogP) is 13.0. The van der Waals surface area contributed by atoms with Gasteiger partial charge in [0.15, 0.2) is 0 Å². The van der Waals surface area contributed by atoms with Crippen LogP contribution in [0.5, 0.6) is 0 Å². The van der Waals surface area contributed by atoms with Crippen molar-refractivity contribution >= 4 is 44.6 Å². The molecular weight excluding hydrogens is 581 g/mol. The lowest BCUT2D eigenvalue weighted by Gasteiger charge is -2.28. The van der Waals surface area contributed by atoms with E-state index in [1.165, 1.54) is 72.1 Å². The molecule has 7 aromatic rings. The zero-order valence-corrected chi connectivity index (χ0v) is 28.3. The van der Waals surface area contributed by atoms with Crippen molar-refractivity contribution in [3.05, 3.63) is 168 Å². The van der Waals surface area contributed by atoms with Gasteiger partial charge in [0, 0.05) is 38.9 Å². The van der Waals surface area contributed by atoms with E-state index in [9.17, 15) is 0 Å². The van der Waals surface area contributed by atoms with Gasteiger partial charge in [-0.25, -0.2) is 0 Å². The van der Waals surface area contributed by atoms with E-state index in [0.29, 0.717) is 0 Å².